The van der Waals surface area contributed by atoms with Gasteiger partial charge in [-0.1, -0.05) is 17.3 Å². The van der Waals surface area contributed by atoms with Crippen LogP contribution >= 0.6 is 0 Å². The first-order valence-corrected chi connectivity index (χ1v) is 9.16. The standard InChI is InChI=1S/C20H16FN7O3/c1-11(29)22-14-6-8-15(9-7-14)23-20(31)17-24-18-16(19(30)25-17)26-27-28(18)10-12-2-4-13(21)5-3-12/h2-9H,10H2,1H3,(H,22,29)(H,23,31)(H,24,25,30). The quantitative estimate of drug-likeness (QED) is 0.451. The van der Waals surface area contributed by atoms with Crippen LogP contribution in [0.5, 0.6) is 0 Å². The van der Waals surface area contributed by atoms with E-state index in [4.69, 9.17) is 0 Å². The average molecular weight is 421 g/mol. The third kappa shape index (κ3) is 4.45. The Balaban J connectivity index is 1.58. The number of H-pyrrole nitrogens is 1. The van der Waals surface area contributed by atoms with Crippen LogP contribution in [0.15, 0.2) is 53.3 Å². The summed E-state index contributed by atoms with van der Waals surface area (Å²) in [6.45, 7) is 1.59. The van der Waals surface area contributed by atoms with E-state index in [0.29, 0.717) is 11.4 Å². The molecule has 0 fully saturated rings. The van der Waals surface area contributed by atoms with Gasteiger partial charge in [0.2, 0.25) is 11.7 Å². The van der Waals surface area contributed by atoms with Crippen molar-refractivity contribution in [2.75, 3.05) is 10.6 Å². The summed E-state index contributed by atoms with van der Waals surface area (Å²) < 4.78 is 14.5. The molecule has 4 rings (SSSR count). The molecule has 4 aromatic rings. The minimum absolute atomic E-state index is 0.0154. The van der Waals surface area contributed by atoms with Gasteiger partial charge in [0.15, 0.2) is 11.2 Å². The van der Waals surface area contributed by atoms with Gasteiger partial charge in [0.1, 0.15) is 5.82 Å². The van der Waals surface area contributed by atoms with Gasteiger partial charge >= 0.3 is 0 Å². The summed E-state index contributed by atoms with van der Waals surface area (Å²) in [5.74, 6) is -1.43. The van der Waals surface area contributed by atoms with Crippen molar-refractivity contribution >= 4 is 34.4 Å². The second kappa shape index (κ2) is 8.14. The molecule has 2 aromatic carbocycles. The summed E-state index contributed by atoms with van der Waals surface area (Å²) in [4.78, 5) is 42.6. The zero-order valence-electron chi connectivity index (χ0n) is 16.2. The van der Waals surface area contributed by atoms with Gasteiger partial charge < -0.3 is 15.6 Å². The number of benzene rings is 2. The summed E-state index contributed by atoms with van der Waals surface area (Å²) >= 11 is 0. The molecule has 0 saturated carbocycles. The zero-order chi connectivity index (χ0) is 22.0. The van der Waals surface area contributed by atoms with Crippen LogP contribution < -0.4 is 16.2 Å². The van der Waals surface area contributed by atoms with Crippen LogP contribution in [0.3, 0.4) is 0 Å². The summed E-state index contributed by atoms with van der Waals surface area (Å²) in [5, 5.41) is 13.0. The number of amides is 2. The van der Waals surface area contributed by atoms with Crippen molar-refractivity contribution in [3.8, 4) is 0 Å². The molecule has 3 N–H and O–H groups in total. The lowest BCUT2D eigenvalue weighted by Crippen LogP contribution is -2.21. The first-order valence-electron chi connectivity index (χ1n) is 9.16. The smallest absolute Gasteiger partial charge is 0.291 e. The van der Waals surface area contributed by atoms with Crippen molar-refractivity contribution in [1.82, 2.24) is 25.0 Å². The highest BCUT2D eigenvalue weighted by Gasteiger charge is 2.16. The molecule has 2 heterocycles. The van der Waals surface area contributed by atoms with Gasteiger partial charge in [-0.2, -0.15) is 0 Å². The normalized spacial score (nSPS) is 10.8. The molecule has 0 aliphatic carbocycles. The Morgan fingerprint density at radius 1 is 1.03 bits per heavy atom. The maximum absolute atomic E-state index is 13.1. The second-order valence-corrected chi connectivity index (χ2v) is 6.67. The Labute approximate surface area is 174 Å². The molecule has 31 heavy (non-hydrogen) atoms. The highest BCUT2D eigenvalue weighted by Crippen LogP contribution is 2.14. The van der Waals surface area contributed by atoms with Crippen molar-refractivity contribution in [2.24, 2.45) is 0 Å². The number of hydrogen-bond acceptors (Lipinski definition) is 6. The third-order valence-electron chi connectivity index (χ3n) is 4.30. The van der Waals surface area contributed by atoms with E-state index in [0.717, 1.165) is 5.56 Å². The zero-order valence-corrected chi connectivity index (χ0v) is 16.2. The SMILES string of the molecule is CC(=O)Nc1ccc(NC(=O)c2nc3c(nnn3Cc3ccc(F)cc3)c(=O)[nH]2)cc1. The van der Waals surface area contributed by atoms with Crippen LogP contribution in [0.1, 0.15) is 23.1 Å². The van der Waals surface area contributed by atoms with Crippen LogP contribution in [0.25, 0.3) is 11.2 Å². The molecule has 0 saturated heterocycles. The van der Waals surface area contributed by atoms with E-state index < -0.39 is 11.5 Å². The number of carbonyl (C=O) groups is 2. The number of rotatable bonds is 5. The van der Waals surface area contributed by atoms with Gasteiger partial charge in [-0.25, -0.2) is 14.1 Å². The molecular weight excluding hydrogens is 405 g/mol. The summed E-state index contributed by atoms with van der Waals surface area (Å²) in [7, 11) is 0. The molecule has 0 aliphatic rings. The Morgan fingerprint density at radius 2 is 1.68 bits per heavy atom. The first-order chi connectivity index (χ1) is 14.9. The Bertz CT molecular complexity index is 1330. The number of aromatic amines is 1. The van der Waals surface area contributed by atoms with Gasteiger partial charge in [-0.15, -0.1) is 5.10 Å². The number of fused-ring (bicyclic) bond motifs is 1. The van der Waals surface area contributed by atoms with E-state index in [2.05, 4.69) is 30.9 Å². The minimum Gasteiger partial charge on any atom is -0.326 e. The molecule has 0 aliphatic heterocycles. The van der Waals surface area contributed by atoms with Crippen LogP contribution in [0, 0.1) is 5.82 Å². The molecule has 2 amide bonds. The number of anilines is 2. The van der Waals surface area contributed by atoms with Gasteiger partial charge in [0.25, 0.3) is 11.5 Å². The van der Waals surface area contributed by atoms with Gasteiger partial charge in [-0.3, -0.25) is 14.4 Å². The lowest BCUT2D eigenvalue weighted by atomic mass is 10.2. The van der Waals surface area contributed by atoms with Crippen molar-refractivity contribution in [3.63, 3.8) is 0 Å². The summed E-state index contributed by atoms with van der Waals surface area (Å²) in [6.07, 6.45) is 0. The van der Waals surface area contributed by atoms with Crippen LogP contribution in [-0.2, 0) is 11.3 Å². The fourth-order valence-corrected chi connectivity index (χ4v) is 2.87. The lowest BCUT2D eigenvalue weighted by molar-refractivity contribution is -0.114. The summed E-state index contributed by atoms with van der Waals surface area (Å²) in [5.41, 5.74) is 1.24. The average Bonchev–Trinajstić information content (AvgIpc) is 3.14. The topological polar surface area (TPSA) is 135 Å². The number of halogens is 1. The first kappa shape index (κ1) is 19.9. The second-order valence-electron chi connectivity index (χ2n) is 6.67. The van der Waals surface area contributed by atoms with Crippen molar-refractivity contribution in [3.05, 3.63) is 76.1 Å². The fraction of sp³-hybridized carbons (Fsp3) is 0.100. The molecule has 2 aromatic heterocycles. The van der Waals surface area contributed by atoms with Crippen LogP contribution in [0.2, 0.25) is 0 Å². The highest BCUT2D eigenvalue weighted by atomic mass is 19.1. The van der Waals surface area contributed by atoms with Crippen molar-refractivity contribution in [2.45, 2.75) is 13.5 Å². The van der Waals surface area contributed by atoms with Crippen LogP contribution in [-0.4, -0.2) is 36.8 Å². The van der Waals surface area contributed by atoms with E-state index >= 15 is 0 Å². The predicted octanol–water partition coefficient (Wildman–Crippen LogP) is 1.91. The number of aromatic nitrogens is 5. The van der Waals surface area contributed by atoms with E-state index in [1.807, 2.05) is 0 Å². The number of hydrogen-bond donors (Lipinski definition) is 3. The molecule has 10 nitrogen and oxygen atoms in total. The van der Waals surface area contributed by atoms with Crippen molar-refractivity contribution in [1.29, 1.82) is 0 Å². The third-order valence-corrected chi connectivity index (χ3v) is 4.30. The van der Waals surface area contributed by atoms with Crippen LogP contribution in [0.4, 0.5) is 15.8 Å². The van der Waals surface area contributed by atoms with E-state index in [9.17, 15) is 18.8 Å². The van der Waals surface area contributed by atoms with Gasteiger partial charge in [0.05, 0.1) is 6.54 Å². The monoisotopic (exact) mass is 421 g/mol. The molecule has 156 valence electrons. The van der Waals surface area contributed by atoms with Gasteiger partial charge in [-0.05, 0) is 42.0 Å². The summed E-state index contributed by atoms with van der Waals surface area (Å²) in [6, 6.07) is 12.2. The predicted molar refractivity (Wildman–Crippen MR) is 110 cm³/mol. The number of nitrogens with zero attached hydrogens (tertiary/aromatic N) is 4. The maximum atomic E-state index is 13.1. The van der Waals surface area contributed by atoms with E-state index in [1.165, 1.54) is 23.7 Å². The molecule has 0 unspecified atom stereocenters. The van der Waals surface area contributed by atoms with E-state index in [-0.39, 0.29) is 35.3 Å². The van der Waals surface area contributed by atoms with E-state index in [1.54, 1.807) is 36.4 Å². The fourth-order valence-electron chi connectivity index (χ4n) is 2.87. The molecule has 0 spiro atoms. The Hall–Kier alpha value is -4.41. The molecule has 0 bridgehead atoms. The molecular formula is C20H16FN7O3. The lowest BCUT2D eigenvalue weighted by Gasteiger charge is -2.07. The molecule has 0 atom stereocenters. The highest BCUT2D eigenvalue weighted by molar-refractivity contribution is 6.02. The molecule has 0 radical (unpaired) electrons. The maximum Gasteiger partial charge on any atom is 0.291 e. The Kier molecular flexibility index (Phi) is 5.22. The number of carbonyl (C=O) groups excluding carboxylic acids is 2. The van der Waals surface area contributed by atoms with Crippen molar-refractivity contribution < 1.29 is 14.0 Å². The molecule has 11 heteroatoms. The minimum atomic E-state index is -0.638. The number of nitrogens with one attached hydrogen (secondary N) is 3. The van der Waals surface area contributed by atoms with Gasteiger partial charge in [0, 0.05) is 18.3 Å². The Morgan fingerprint density at radius 3 is 2.32 bits per heavy atom. The largest absolute Gasteiger partial charge is 0.326 e.